The lowest BCUT2D eigenvalue weighted by molar-refractivity contribution is 0.0996. The summed E-state index contributed by atoms with van der Waals surface area (Å²) in [5.41, 5.74) is -1.05. The molecule has 0 radical (unpaired) electrons. The van der Waals surface area contributed by atoms with Gasteiger partial charge < -0.3 is 0 Å². The topological polar surface area (TPSA) is 47.8 Å². The van der Waals surface area contributed by atoms with Crippen molar-refractivity contribution in [3.8, 4) is 0 Å². The highest BCUT2D eigenvalue weighted by molar-refractivity contribution is 5.91. The van der Waals surface area contributed by atoms with E-state index >= 15 is 0 Å². The van der Waals surface area contributed by atoms with Gasteiger partial charge in [0.1, 0.15) is 11.4 Å². The van der Waals surface area contributed by atoms with Gasteiger partial charge in [0, 0.05) is 6.92 Å². The van der Waals surface area contributed by atoms with Crippen molar-refractivity contribution in [1.29, 1.82) is 0 Å². The average molecular weight is 185 g/mol. The maximum absolute atomic E-state index is 13.2. The fraction of sp³-hybridized carbons (Fsp3) is 0.625. The molecule has 0 fully saturated rings. The van der Waals surface area contributed by atoms with Crippen LogP contribution >= 0.6 is 0 Å². The van der Waals surface area contributed by atoms with E-state index < -0.39 is 5.67 Å². The molecule has 0 N–H and O–H groups in total. The number of nitrogens with zero attached hydrogens (tertiary/aromatic N) is 3. The molecular weight excluding hydrogens is 173 g/mol. The molecule has 0 bridgehead atoms. The molecule has 13 heavy (non-hydrogen) atoms. The monoisotopic (exact) mass is 185 g/mol. The molecule has 1 rings (SSSR count). The minimum atomic E-state index is -1.39. The third-order valence-electron chi connectivity index (χ3n) is 1.50. The number of carbonyl (C=O) groups excluding carboxylic acids is 1. The van der Waals surface area contributed by atoms with Gasteiger partial charge in [0.2, 0.25) is 0 Å². The van der Waals surface area contributed by atoms with Crippen LogP contribution in [0.1, 0.15) is 31.3 Å². The van der Waals surface area contributed by atoms with Crippen molar-refractivity contribution in [2.24, 2.45) is 0 Å². The van der Waals surface area contributed by atoms with Gasteiger partial charge >= 0.3 is 0 Å². The van der Waals surface area contributed by atoms with Crippen LogP contribution < -0.4 is 0 Å². The van der Waals surface area contributed by atoms with Crippen LogP contribution in [-0.4, -0.2) is 26.4 Å². The molecule has 0 spiro atoms. The highest BCUT2D eigenvalue weighted by Crippen LogP contribution is 2.12. The number of aromatic nitrogens is 3. The van der Waals surface area contributed by atoms with E-state index in [1.54, 1.807) is 0 Å². The number of rotatable bonds is 3. The standard InChI is InChI=1S/C8H12FN3O/c1-6(13)7-4-10-11-12(7)5-8(2,3)9/h4H,5H2,1-3H3. The third-order valence-corrected chi connectivity index (χ3v) is 1.50. The SMILES string of the molecule is CC(=O)c1cnnn1CC(C)(C)F. The summed E-state index contributed by atoms with van der Waals surface area (Å²) < 4.78 is 14.5. The van der Waals surface area contributed by atoms with E-state index in [9.17, 15) is 9.18 Å². The van der Waals surface area contributed by atoms with Crippen molar-refractivity contribution in [3.05, 3.63) is 11.9 Å². The van der Waals surface area contributed by atoms with Crippen molar-refractivity contribution in [1.82, 2.24) is 15.0 Å². The van der Waals surface area contributed by atoms with E-state index in [-0.39, 0.29) is 12.3 Å². The zero-order valence-corrected chi connectivity index (χ0v) is 7.91. The smallest absolute Gasteiger partial charge is 0.179 e. The van der Waals surface area contributed by atoms with E-state index in [1.165, 1.54) is 31.6 Å². The Bertz CT molecular complexity index is 313. The molecule has 0 aromatic carbocycles. The van der Waals surface area contributed by atoms with Gasteiger partial charge in [0.05, 0.1) is 12.7 Å². The molecule has 4 nitrogen and oxygen atoms in total. The second-order valence-electron chi connectivity index (χ2n) is 3.55. The van der Waals surface area contributed by atoms with Crippen molar-refractivity contribution >= 4 is 5.78 Å². The van der Waals surface area contributed by atoms with E-state index in [0.29, 0.717) is 5.69 Å². The number of alkyl halides is 1. The Labute approximate surface area is 75.7 Å². The summed E-state index contributed by atoms with van der Waals surface area (Å²) in [6.45, 7) is 4.31. The first-order chi connectivity index (χ1) is 5.90. The second-order valence-corrected chi connectivity index (χ2v) is 3.55. The van der Waals surface area contributed by atoms with Crippen molar-refractivity contribution in [2.45, 2.75) is 33.0 Å². The Balaban J connectivity index is 2.89. The third kappa shape index (κ3) is 2.61. The maximum Gasteiger partial charge on any atom is 0.179 e. The van der Waals surface area contributed by atoms with E-state index in [0.717, 1.165) is 0 Å². The minimum absolute atomic E-state index is 0.0436. The predicted octanol–water partition coefficient (Wildman–Crippen LogP) is 1.23. The second kappa shape index (κ2) is 3.24. The van der Waals surface area contributed by atoms with E-state index in [1.807, 2.05) is 0 Å². The van der Waals surface area contributed by atoms with Crippen molar-refractivity contribution < 1.29 is 9.18 Å². The number of hydrogen-bond donors (Lipinski definition) is 0. The van der Waals surface area contributed by atoms with E-state index in [4.69, 9.17) is 0 Å². The van der Waals surface area contributed by atoms with Crippen molar-refractivity contribution in [3.63, 3.8) is 0 Å². The number of ketones is 1. The summed E-state index contributed by atoms with van der Waals surface area (Å²) in [6.07, 6.45) is 1.34. The molecule has 1 aromatic rings. The molecule has 0 unspecified atom stereocenters. The zero-order chi connectivity index (χ0) is 10.1. The molecular formula is C8H12FN3O. The number of halogens is 1. The van der Waals surface area contributed by atoms with Crippen LogP contribution in [-0.2, 0) is 6.54 Å². The van der Waals surface area contributed by atoms with Gasteiger partial charge in [-0.05, 0) is 13.8 Å². The largest absolute Gasteiger partial charge is 0.293 e. The van der Waals surface area contributed by atoms with Crippen LogP contribution in [0.2, 0.25) is 0 Å². The Hall–Kier alpha value is -1.26. The fourth-order valence-corrected chi connectivity index (χ4v) is 1.00. The summed E-state index contributed by atoms with van der Waals surface area (Å²) >= 11 is 0. The molecule has 1 heterocycles. The number of carbonyl (C=O) groups is 1. The summed E-state index contributed by atoms with van der Waals surface area (Å²) in [7, 11) is 0. The molecule has 0 aliphatic carbocycles. The zero-order valence-electron chi connectivity index (χ0n) is 7.91. The van der Waals surface area contributed by atoms with Crippen LogP contribution in [0.25, 0.3) is 0 Å². The Morgan fingerprint density at radius 3 is 2.77 bits per heavy atom. The van der Waals surface area contributed by atoms with Crippen LogP contribution in [0.5, 0.6) is 0 Å². The molecule has 0 amide bonds. The maximum atomic E-state index is 13.2. The Morgan fingerprint density at radius 1 is 1.69 bits per heavy atom. The lowest BCUT2D eigenvalue weighted by Gasteiger charge is -2.14. The minimum Gasteiger partial charge on any atom is -0.293 e. The molecule has 0 saturated heterocycles. The molecule has 0 saturated carbocycles. The van der Waals surface area contributed by atoms with Gasteiger partial charge in [-0.2, -0.15) is 0 Å². The molecule has 0 aliphatic rings. The van der Waals surface area contributed by atoms with E-state index in [2.05, 4.69) is 10.3 Å². The summed E-state index contributed by atoms with van der Waals surface area (Å²) in [4.78, 5) is 11.0. The Morgan fingerprint density at radius 2 is 2.31 bits per heavy atom. The van der Waals surface area contributed by atoms with Gasteiger partial charge in [0.15, 0.2) is 5.78 Å². The normalized spacial score (nSPS) is 11.7. The van der Waals surface area contributed by atoms with Gasteiger partial charge in [-0.3, -0.25) is 4.79 Å². The predicted molar refractivity (Wildman–Crippen MR) is 45.2 cm³/mol. The van der Waals surface area contributed by atoms with Crippen molar-refractivity contribution in [2.75, 3.05) is 0 Å². The fourth-order valence-electron chi connectivity index (χ4n) is 1.00. The van der Waals surface area contributed by atoms with Crippen LogP contribution in [0, 0.1) is 0 Å². The highest BCUT2D eigenvalue weighted by Gasteiger charge is 2.20. The average Bonchev–Trinajstić information content (AvgIpc) is 2.31. The lowest BCUT2D eigenvalue weighted by atomic mass is 10.2. The van der Waals surface area contributed by atoms with Crippen LogP contribution in [0.4, 0.5) is 4.39 Å². The quantitative estimate of drug-likeness (QED) is 0.665. The molecule has 5 heteroatoms. The lowest BCUT2D eigenvalue weighted by Crippen LogP contribution is -2.24. The molecule has 0 atom stereocenters. The van der Waals surface area contributed by atoms with Gasteiger partial charge in [-0.25, -0.2) is 9.07 Å². The van der Waals surface area contributed by atoms with Crippen LogP contribution in [0.3, 0.4) is 0 Å². The summed E-state index contributed by atoms with van der Waals surface area (Å²) in [6, 6.07) is 0. The van der Waals surface area contributed by atoms with Gasteiger partial charge in [-0.1, -0.05) is 5.21 Å². The first kappa shape index (κ1) is 9.83. The number of Topliss-reactive ketones (excluding diaryl/α,β-unsaturated/α-hetero) is 1. The number of hydrogen-bond acceptors (Lipinski definition) is 3. The highest BCUT2D eigenvalue weighted by atomic mass is 19.1. The van der Waals surface area contributed by atoms with Gasteiger partial charge in [0.25, 0.3) is 0 Å². The molecule has 1 aromatic heterocycles. The summed E-state index contributed by atoms with van der Waals surface area (Å²) in [5.74, 6) is -0.158. The summed E-state index contributed by atoms with van der Waals surface area (Å²) in [5, 5.41) is 7.18. The van der Waals surface area contributed by atoms with Gasteiger partial charge in [-0.15, -0.1) is 5.10 Å². The first-order valence-electron chi connectivity index (χ1n) is 3.98. The molecule has 0 aliphatic heterocycles. The molecule has 72 valence electrons. The first-order valence-corrected chi connectivity index (χ1v) is 3.98. The van der Waals surface area contributed by atoms with Crippen LogP contribution in [0.15, 0.2) is 6.20 Å². The Kier molecular flexibility index (Phi) is 2.45.